The van der Waals surface area contributed by atoms with E-state index in [9.17, 15) is 25.9 Å². The van der Waals surface area contributed by atoms with Crippen molar-refractivity contribution in [2.24, 2.45) is 0 Å². The molecule has 8 nitrogen and oxygen atoms in total. The van der Waals surface area contributed by atoms with Crippen molar-refractivity contribution in [1.29, 1.82) is 0 Å². The van der Waals surface area contributed by atoms with E-state index in [0.29, 0.717) is 0 Å². The Balaban J connectivity index is 0.000000221. The molecule has 0 fully saturated rings. The third kappa shape index (κ3) is 5.21. The van der Waals surface area contributed by atoms with E-state index in [1.165, 1.54) is 62.5 Å². The van der Waals surface area contributed by atoms with Crippen LogP contribution < -0.4 is 11.5 Å². The molecule has 2 aliphatic rings. The van der Waals surface area contributed by atoms with E-state index < -0.39 is 29.7 Å². The molecule has 2 aromatic carbocycles. The Labute approximate surface area is 211 Å². The number of rotatable bonds is 3. The first-order valence-electron chi connectivity index (χ1n) is 10.8. The van der Waals surface area contributed by atoms with Crippen molar-refractivity contribution in [1.82, 2.24) is 0 Å². The normalized spacial score (nSPS) is 25.3. The molecule has 0 bridgehead atoms. The number of nitrogens with two attached hydrogens (primary N) is 2. The van der Waals surface area contributed by atoms with E-state index in [2.05, 4.69) is 0 Å². The Morgan fingerprint density at radius 1 is 0.667 bits per heavy atom. The van der Waals surface area contributed by atoms with Crippen molar-refractivity contribution < 1.29 is 25.9 Å². The zero-order chi connectivity index (χ0) is 26.8. The van der Waals surface area contributed by atoms with E-state index in [1.54, 1.807) is 0 Å². The van der Waals surface area contributed by atoms with Crippen molar-refractivity contribution in [3.05, 3.63) is 108 Å². The predicted octanol–water partition coefficient (Wildman–Crippen LogP) is 4.35. The zero-order valence-corrected chi connectivity index (χ0v) is 21.4. The fraction of sp³-hybridized carbons (Fsp3) is 0.154. The molecule has 0 radical (unpaired) electrons. The SMILES string of the molecule is CC1(S(=O)(=O)O)C=CC=CC1=C1C=CC=CC1(C)S(=O)(=O)O.Nc1ccc(-c2ccccc2N)cc1. The molecule has 0 heterocycles. The number of nitrogen functional groups attached to an aromatic ring is 2. The van der Waals surface area contributed by atoms with Crippen LogP contribution in [0.3, 0.4) is 0 Å². The Morgan fingerprint density at radius 2 is 1.11 bits per heavy atom. The average Bonchev–Trinajstić information content (AvgIpc) is 2.80. The van der Waals surface area contributed by atoms with Crippen molar-refractivity contribution >= 4 is 31.6 Å². The van der Waals surface area contributed by atoms with Gasteiger partial charge in [-0.05, 0) is 48.8 Å². The van der Waals surface area contributed by atoms with Gasteiger partial charge in [0.05, 0.1) is 0 Å². The quantitative estimate of drug-likeness (QED) is 0.338. The highest BCUT2D eigenvalue weighted by molar-refractivity contribution is 7.88. The molecule has 2 aromatic rings. The van der Waals surface area contributed by atoms with Gasteiger partial charge in [-0.1, -0.05) is 78.9 Å². The molecule has 4 rings (SSSR count). The minimum absolute atomic E-state index is 0.0817. The van der Waals surface area contributed by atoms with E-state index in [0.717, 1.165) is 22.5 Å². The molecular formula is C26H28N2O6S2. The smallest absolute Gasteiger partial charge is 0.278 e. The summed E-state index contributed by atoms with van der Waals surface area (Å²) in [4.78, 5) is 0. The number of benzene rings is 2. The van der Waals surface area contributed by atoms with Crippen molar-refractivity contribution in [2.45, 2.75) is 23.3 Å². The molecule has 0 spiro atoms. The number of anilines is 2. The zero-order valence-electron chi connectivity index (χ0n) is 19.7. The molecule has 0 aromatic heterocycles. The lowest BCUT2D eigenvalue weighted by atomic mass is 9.83. The minimum atomic E-state index is -4.55. The highest BCUT2D eigenvalue weighted by atomic mass is 32.2. The van der Waals surface area contributed by atoms with Gasteiger partial charge in [0.25, 0.3) is 20.2 Å². The summed E-state index contributed by atoms with van der Waals surface area (Å²) in [5.41, 5.74) is 15.3. The second-order valence-corrected chi connectivity index (χ2v) is 12.2. The molecule has 2 aliphatic carbocycles. The second-order valence-electron chi connectivity index (χ2n) is 8.64. The van der Waals surface area contributed by atoms with Crippen LogP contribution in [-0.4, -0.2) is 35.4 Å². The molecule has 190 valence electrons. The summed E-state index contributed by atoms with van der Waals surface area (Å²) >= 11 is 0. The number of hydrogen-bond acceptors (Lipinski definition) is 6. The van der Waals surface area contributed by atoms with Gasteiger partial charge in [-0.3, -0.25) is 9.11 Å². The molecule has 2 unspecified atom stereocenters. The molecular weight excluding hydrogens is 500 g/mol. The summed E-state index contributed by atoms with van der Waals surface area (Å²) < 4.78 is 62.8. The lowest BCUT2D eigenvalue weighted by Crippen LogP contribution is -2.42. The fourth-order valence-corrected chi connectivity index (χ4v) is 5.29. The third-order valence-corrected chi connectivity index (χ3v) is 9.05. The van der Waals surface area contributed by atoms with Gasteiger partial charge in [-0.25, -0.2) is 0 Å². The Bertz CT molecular complexity index is 1450. The van der Waals surface area contributed by atoms with Crippen LogP contribution in [0.1, 0.15) is 13.8 Å². The average molecular weight is 529 g/mol. The van der Waals surface area contributed by atoms with Crippen LogP contribution in [0.4, 0.5) is 11.4 Å². The highest BCUT2D eigenvalue weighted by Gasteiger charge is 2.47. The molecule has 6 N–H and O–H groups in total. The molecule has 0 aliphatic heterocycles. The number of hydrogen-bond donors (Lipinski definition) is 4. The lowest BCUT2D eigenvalue weighted by molar-refractivity contribution is 0.456. The largest absolute Gasteiger partial charge is 0.399 e. The van der Waals surface area contributed by atoms with E-state index >= 15 is 0 Å². The standard InChI is InChI=1S/C14H16O6S2.C12H12N2/c1-13(21(15,16)17)9-5-3-7-11(13)12-8-4-6-10-14(12,2)22(18,19)20;13-10-7-5-9(6-8-10)11-3-1-2-4-12(11)14/h3-10H,1-2H3,(H,15,16,17)(H,18,19,20);1-8H,13-14H2. The van der Waals surface area contributed by atoms with E-state index in [-0.39, 0.29) is 11.1 Å². The molecule has 0 saturated carbocycles. The van der Waals surface area contributed by atoms with Crippen molar-refractivity contribution in [2.75, 3.05) is 11.5 Å². The Morgan fingerprint density at radius 3 is 1.53 bits per heavy atom. The number of para-hydroxylation sites is 1. The summed E-state index contributed by atoms with van der Waals surface area (Å²) in [5.74, 6) is 0. The second kappa shape index (κ2) is 9.90. The van der Waals surface area contributed by atoms with Crippen molar-refractivity contribution in [3.63, 3.8) is 0 Å². The third-order valence-electron chi connectivity index (χ3n) is 6.19. The maximum atomic E-state index is 11.8. The van der Waals surface area contributed by atoms with Crippen LogP contribution in [0.2, 0.25) is 0 Å². The van der Waals surface area contributed by atoms with E-state index in [1.807, 2.05) is 48.5 Å². The van der Waals surface area contributed by atoms with Crippen LogP contribution in [0, 0.1) is 0 Å². The Kier molecular flexibility index (Phi) is 7.47. The predicted molar refractivity (Wildman–Crippen MR) is 144 cm³/mol. The van der Waals surface area contributed by atoms with Gasteiger partial charge < -0.3 is 11.5 Å². The van der Waals surface area contributed by atoms with Crippen LogP contribution in [0.15, 0.2) is 108 Å². The summed E-state index contributed by atoms with van der Waals surface area (Å²) in [7, 11) is -9.10. The van der Waals surface area contributed by atoms with Gasteiger partial charge in [0, 0.05) is 16.9 Å². The molecule has 0 saturated heterocycles. The summed E-state index contributed by atoms with van der Waals surface area (Å²) in [6, 6.07) is 15.5. The summed E-state index contributed by atoms with van der Waals surface area (Å²) in [6.45, 7) is 2.53. The topological polar surface area (TPSA) is 161 Å². The number of allylic oxidation sites excluding steroid dienone is 6. The molecule has 2 atom stereocenters. The van der Waals surface area contributed by atoms with E-state index in [4.69, 9.17) is 11.5 Å². The molecule has 36 heavy (non-hydrogen) atoms. The molecule has 0 amide bonds. The van der Waals surface area contributed by atoms with Crippen LogP contribution in [-0.2, 0) is 20.2 Å². The van der Waals surface area contributed by atoms with Gasteiger partial charge in [-0.2, -0.15) is 16.8 Å². The van der Waals surface area contributed by atoms with Crippen LogP contribution >= 0.6 is 0 Å². The molecule has 10 heteroatoms. The maximum absolute atomic E-state index is 11.8. The van der Waals surface area contributed by atoms with Crippen LogP contribution in [0.25, 0.3) is 11.1 Å². The Hall–Kier alpha value is -3.44. The first kappa shape index (κ1) is 27.2. The lowest BCUT2D eigenvalue weighted by Gasteiger charge is -2.34. The van der Waals surface area contributed by atoms with Gasteiger partial charge >= 0.3 is 0 Å². The first-order chi connectivity index (χ1) is 16.7. The maximum Gasteiger partial charge on any atom is 0.278 e. The van der Waals surface area contributed by atoms with Gasteiger partial charge in [0.2, 0.25) is 0 Å². The minimum Gasteiger partial charge on any atom is -0.399 e. The van der Waals surface area contributed by atoms with Crippen molar-refractivity contribution in [3.8, 4) is 11.1 Å². The first-order valence-corrected chi connectivity index (χ1v) is 13.7. The summed E-state index contributed by atoms with van der Waals surface area (Å²) in [5, 5.41) is 0. The van der Waals surface area contributed by atoms with Crippen LogP contribution in [0.5, 0.6) is 0 Å². The monoisotopic (exact) mass is 528 g/mol. The fourth-order valence-electron chi connectivity index (χ4n) is 3.88. The van der Waals surface area contributed by atoms with Gasteiger partial charge in [0.15, 0.2) is 0 Å². The van der Waals surface area contributed by atoms with Gasteiger partial charge in [-0.15, -0.1) is 0 Å². The van der Waals surface area contributed by atoms with Gasteiger partial charge in [0.1, 0.15) is 9.49 Å². The highest BCUT2D eigenvalue weighted by Crippen LogP contribution is 2.41. The summed E-state index contributed by atoms with van der Waals surface area (Å²) in [6.07, 6.45) is 11.3.